The molecule has 14 heavy (non-hydrogen) atoms. The zero-order valence-electron chi connectivity index (χ0n) is 8.65. The van der Waals surface area contributed by atoms with Crippen molar-refractivity contribution in [1.82, 2.24) is 14.8 Å². The number of aryl methyl sites for hydroxylation is 1. The largest absolute Gasteiger partial charge is 0.397 e. The average Bonchev–Trinajstić information content (AvgIpc) is 2.40. The summed E-state index contributed by atoms with van der Waals surface area (Å²) in [5.74, 6) is 0.425. The molecule has 2 heterocycles. The lowest BCUT2D eigenvalue weighted by molar-refractivity contribution is 0.676. The molecule has 0 aliphatic rings. The lowest BCUT2D eigenvalue weighted by Gasteiger charge is -2.05. The van der Waals surface area contributed by atoms with Crippen LogP contribution in [0.3, 0.4) is 0 Å². The Bertz CT molecular complexity index is 470. The minimum atomic E-state index is 0.425. The molecule has 0 atom stereocenters. The molecule has 0 aliphatic carbocycles. The molecule has 2 N–H and O–H groups in total. The maximum atomic E-state index is 5.70. The van der Waals surface area contributed by atoms with E-state index in [0.717, 1.165) is 11.0 Å². The summed E-state index contributed by atoms with van der Waals surface area (Å²) in [6, 6.07) is 1.94. The Morgan fingerprint density at radius 3 is 2.79 bits per heavy atom. The number of hydrogen-bond acceptors (Lipinski definition) is 3. The van der Waals surface area contributed by atoms with Gasteiger partial charge in [-0.3, -0.25) is 4.68 Å². The quantitative estimate of drug-likeness (QED) is 0.744. The van der Waals surface area contributed by atoms with E-state index in [1.165, 1.54) is 5.69 Å². The lowest BCUT2D eigenvalue weighted by atomic mass is 10.1. The van der Waals surface area contributed by atoms with Crippen LogP contribution in [-0.4, -0.2) is 14.8 Å². The Balaban J connectivity index is 2.79. The van der Waals surface area contributed by atoms with Gasteiger partial charge < -0.3 is 5.73 Å². The standard InChI is InChI=1S/C10H14N4/c1-6(2)9-8-4-7(11)5-12-10(8)13-14(9)3/h4-6H,11H2,1-3H3. The fraction of sp³-hybridized carbons (Fsp3) is 0.400. The SMILES string of the molecule is CC(C)c1c2cc(N)cnc2nn1C. The van der Waals surface area contributed by atoms with Crippen LogP contribution in [0.1, 0.15) is 25.5 Å². The van der Waals surface area contributed by atoms with Crippen LogP contribution in [0.15, 0.2) is 12.3 Å². The van der Waals surface area contributed by atoms with E-state index in [0.29, 0.717) is 11.6 Å². The Labute approximate surface area is 82.7 Å². The van der Waals surface area contributed by atoms with Crippen molar-refractivity contribution in [3.05, 3.63) is 18.0 Å². The Morgan fingerprint density at radius 1 is 1.43 bits per heavy atom. The van der Waals surface area contributed by atoms with Crippen molar-refractivity contribution < 1.29 is 0 Å². The van der Waals surface area contributed by atoms with Crippen molar-refractivity contribution >= 4 is 16.7 Å². The molecule has 0 radical (unpaired) electrons. The van der Waals surface area contributed by atoms with Gasteiger partial charge in [0, 0.05) is 12.4 Å². The van der Waals surface area contributed by atoms with Gasteiger partial charge in [-0.15, -0.1) is 0 Å². The van der Waals surface area contributed by atoms with E-state index in [9.17, 15) is 0 Å². The van der Waals surface area contributed by atoms with Crippen molar-refractivity contribution in [3.8, 4) is 0 Å². The molecule has 0 fully saturated rings. The van der Waals surface area contributed by atoms with Gasteiger partial charge in [-0.25, -0.2) is 4.98 Å². The molecule has 2 aromatic heterocycles. The molecule has 0 spiro atoms. The van der Waals surface area contributed by atoms with Gasteiger partial charge in [0.15, 0.2) is 5.65 Å². The number of fused-ring (bicyclic) bond motifs is 1. The normalized spacial score (nSPS) is 11.4. The monoisotopic (exact) mass is 190 g/mol. The highest BCUT2D eigenvalue weighted by Crippen LogP contribution is 2.24. The van der Waals surface area contributed by atoms with Crippen LogP contribution in [0.5, 0.6) is 0 Å². The van der Waals surface area contributed by atoms with Crippen molar-refractivity contribution in [1.29, 1.82) is 0 Å². The maximum Gasteiger partial charge on any atom is 0.181 e. The number of hydrogen-bond donors (Lipinski definition) is 1. The van der Waals surface area contributed by atoms with Crippen LogP contribution in [0.4, 0.5) is 5.69 Å². The van der Waals surface area contributed by atoms with Gasteiger partial charge >= 0.3 is 0 Å². The number of aromatic nitrogens is 3. The highest BCUT2D eigenvalue weighted by molar-refractivity contribution is 5.81. The van der Waals surface area contributed by atoms with Crippen LogP contribution in [0.25, 0.3) is 11.0 Å². The van der Waals surface area contributed by atoms with E-state index in [2.05, 4.69) is 23.9 Å². The van der Waals surface area contributed by atoms with E-state index in [4.69, 9.17) is 5.73 Å². The molecule has 2 rings (SSSR count). The van der Waals surface area contributed by atoms with E-state index in [-0.39, 0.29) is 0 Å². The van der Waals surface area contributed by atoms with Crippen molar-refractivity contribution in [2.75, 3.05) is 5.73 Å². The first-order chi connectivity index (χ1) is 6.59. The number of rotatable bonds is 1. The molecular weight excluding hydrogens is 176 g/mol. The predicted molar refractivity (Wildman–Crippen MR) is 57.0 cm³/mol. The molecule has 0 unspecified atom stereocenters. The van der Waals surface area contributed by atoms with Gasteiger partial charge in [-0.2, -0.15) is 5.10 Å². The summed E-state index contributed by atoms with van der Waals surface area (Å²) in [6.07, 6.45) is 1.64. The summed E-state index contributed by atoms with van der Waals surface area (Å²) in [4.78, 5) is 4.19. The molecule has 4 nitrogen and oxygen atoms in total. The smallest absolute Gasteiger partial charge is 0.181 e. The van der Waals surface area contributed by atoms with Gasteiger partial charge in [0.2, 0.25) is 0 Å². The number of nitrogens with zero attached hydrogens (tertiary/aromatic N) is 3. The molecule has 0 aromatic carbocycles. The van der Waals surface area contributed by atoms with Crippen LogP contribution in [0, 0.1) is 0 Å². The van der Waals surface area contributed by atoms with Crippen LogP contribution < -0.4 is 5.73 Å². The third-order valence-corrected chi connectivity index (χ3v) is 2.30. The van der Waals surface area contributed by atoms with Gasteiger partial charge in [0.05, 0.1) is 17.6 Å². The lowest BCUT2D eigenvalue weighted by Crippen LogP contribution is -1.99. The van der Waals surface area contributed by atoms with Gasteiger partial charge in [0.1, 0.15) is 0 Å². The second kappa shape index (κ2) is 2.97. The fourth-order valence-electron chi connectivity index (χ4n) is 1.80. The number of anilines is 1. The first-order valence-corrected chi connectivity index (χ1v) is 4.67. The number of nitrogens with two attached hydrogens (primary N) is 1. The van der Waals surface area contributed by atoms with Crippen LogP contribution >= 0.6 is 0 Å². The first kappa shape index (κ1) is 8.99. The van der Waals surface area contributed by atoms with Crippen LogP contribution in [-0.2, 0) is 7.05 Å². The fourth-order valence-corrected chi connectivity index (χ4v) is 1.80. The summed E-state index contributed by atoms with van der Waals surface area (Å²) < 4.78 is 1.88. The molecule has 4 heteroatoms. The Morgan fingerprint density at radius 2 is 2.14 bits per heavy atom. The number of pyridine rings is 1. The minimum absolute atomic E-state index is 0.425. The Kier molecular flexibility index (Phi) is 1.91. The van der Waals surface area contributed by atoms with Crippen molar-refractivity contribution in [2.45, 2.75) is 19.8 Å². The molecule has 0 bridgehead atoms. The summed E-state index contributed by atoms with van der Waals surface area (Å²) >= 11 is 0. The van der Waals surface area contributed by atoms with Gasteiger partial charge in [-0.1, -0.05) is 13.8 Å². The first-order valence-electron chi connectivity index (χ1n) is 4.67. The van der Waals surface area contributed by atoms with Gasteiger partial charge in [0.25, 0.3) is 0 Å². The Hall–Kier alpha value is -1.58. The molecule has 0 aliphatic heterocycles. The molecular formula is C10H14N4. The third kappa shape index (κ3) is 1.23. The highest BCUT2D eigenvalue weighted by atomic mass is 15.3. The number of nitrogen functional groups attached to an aromatic ring is 1. The average molecular weight is 190 g/mol. The summed E-state index contributed by atoms with van der Waals surface area (Å²) in [6.45, 7) is 4.28. The summed E-state index contributed by atoms with van der Waals surface area (Å²) in [5, 5.41) is 5.38. The molecule has 0 saturated carbocycles. The second-order valence-electron chi connectivity index (χ2n) is 3.80. The molecule has 0 amide bonds. The third-order valence-electron chi connectivity index (χ3n) is 2.30. The predicted octanol–water partition coefficient (Wildman–Crippen LogP) is 1.67. The topological polar surface area (TPSA) is 56.7 Å². The second-order valence-corrected chi connectivity index (χ2v) is 3.80. The van der Waals surface area contributed by atoms with E-state index >= 15 is 0 Å². The van der Waals surface area contributed by atoms with Crippen LogP contribution in [0.2, 0.25) is 0 Å². The van der Waals surface area contributed by atoms with E-state index < -0.39 is 0 Å². The van der Waals surface area contributed by atoms with E-state index in [1.807, 2.05) is 17.8 Å². The zero-order chi connectivity index (χ0) is 10.3. The van der Waals surface area contributed by atoms with Gasteiger partial charge in [-0.05, 0) is 12.0 Å². The minimum Gasteiger partial charge on any atom is -0.397 e. The molecule has 0 saturated heterocycles. The summed E-state index contributed by atoms with van der Waals surface area (Å²) in [7, 11) is 1.94. The molecule has 2 aromatic rings. The maximum absolute atomic E-state index is 5.70. The summed E-state index contributed by atoms with van der Waals surface area (Å²) in [5.41, 5.74) is 8.34. The van der Waals surface area contributed by atoms with Crippen molar-refractivity contribution in [3.63, 3.8) is 0 Å². The zero-order valence-corrected chi connectivity index (χ0v) is 8.65. The van der Waals surface area contributed by atoms with Crippen molar-refractivity contribution in [2.24, 2.45) is 7.05 Å². The highest BCUT2D eigenvalue weighted by Gasteiger charge is 2.12. The van der Waals surface area contributed by atoms with E-state index in [1.54, 1.807) is 6.20 Å². The molecule has 74 valence electrons.